The van der Waals surface area contributed by atoms with Crippen LogP contribution in [0.25, 0.3) is 0 Å². The average Bonchev–Trinajstić information content (AvgIpc) is 2.66. The van der Waals surface area contributed by atoms with E-state index in [1.165, 1.54) is 19.5 Å². The van der Waals surface area contributed by atoms with Crippen LogP contribution in [-0.4, -0.2) is 78.6 Å². The normalized spacial score (nSPS) is 23.0. The number of likely N-dealkylation sites (tertiary alicyclic amines) is 2. The van der Waals surface area contributed by atoms with Crippen molar-refractivity contribution in [3.63, 3.8) is 0 Å². The van der Waals surface area contributed by atoms with Crippen LogP contribution in [0.2, 0.25) is 0 Å². The molecule has 1 atom stereocenters. The van der Waals surface area contributed by atoms with Crippen LogP contribution in [0.1, 0.15) is 29.8 Å². The minimum Gasteiger partial charge on any atom is -0.480 e. The lowest BCUT2D eigenvalue weighted by molar-refractivity contribution is -0.155. The molecule has 8 heteroatoms. The molecule has 1 spiro atoms. The van der Waals surface area contributed by atoms with Crippen LogP contribution in [0, 0.1) is 5.41 Å². The first-order valence-electron chi connectivity index (χ1n) is 8.43. The van der Waals surface area contributed by atoms with Crippen molar-refractivity contribution in [2.45, 2.75) is 25.4 Å². The summed E-state index contributed by atoms with van der Waals surface area (Å²) in [5, 5.41) is 0. The molecule has 0 bridgehead atoms. The summed E-state index contributed by atoms with van der Waals surface area (Å²) in [7, 11) is 5.00. The van der Waals surface area contributed by atoms with E-state index in [1.54, 1.807) is 16.9 Å². The fourth-order valence-electron chi connectivity index (χ4n) is 3.79. The van der Waals surface area contributed by atoms with Crippen LogP contribution in [0.4, 0.5) is 0 Å². The van der Waals surface area contributed by atoms with Crippen molar-refractivity contribution in [1.82, 2.24) is 19.8 Å². The van der Waals surface area contributed by atoms with Gasteiger partial charge in [0.2, 0.25) is 11.8 Å². The molecule has 25 heavy (non-hydrogen) atoms. The van der Waals surface area contributed by atoms with Gasteiger partial charge >= 0.3 is 0 Å². The molecular weight excluding hydrogens is 324 g/mol. The molecule has 2 aliphatic rings. The maximum Gasteiger partial charge on any atom is 0.274 e. The first-order valence-corrected chi connectivity index (χ1v) is 8.43. The highest BCUT2D eigenvalue weighted by Gasteiger charge is 2.48. The molecule has 0 aromatic carbocycles. The molecule has 3 heterocycles. The number of methoxy groups -OCH3 is 2. The van der Waals surface area contributed by atoms with Gasteiger partial charge in [-0.25, -0.2) is 9.97 Å². The van der Waals surface area contributed by atoms with Gasteiger partial charge in [0.05, 0.1) is 31.0 Å². The van der Waals surface area contributed by atoms with E-state index in [2.05, 4.69) is 9.97 Å². The summed E-state index contributed by atoms with van der Waals surface area (Å²) in [6.45, 7) is 1.69. The predicted octanol–water partition coefficient (Wildman–Crippen LogP) is 0.585. The second kappa shape index (κ2) is 6.95. The van der Waals surface area contributed by atoms with Crippen molar-refractivity contribution in [3.8, 4) is 5.88 Å². The molecule has 0 aliphatic carbocycles. The molecule has 8 nitrogen and oxygen atoms in total. The molecule has 0 saturated carbocycles. The Balaban J connectivity index is 1.68. The standard InChI is InChI=1S/C17H24N4O4/c1-20-11-12(24-2)8-17(16(20)23)4-6-21(7-5-17)15(22)13-9-19-14(25-3)10-18-13/h9-10,12H,4-8,11H2,1-3H3. The minimum atomic E-state index is -0.421. The van der Waals surface area contributed by atoms with E-state index in [4.69, 9.17) is 9.47 Å². The first-order chi connectivity index (χ1) is 12.0. The lowest BCUT2D eigenvalue weighted by atomic mass is 9.71. The number of rotatable bonds is 3. The Morgan fingerprint density at radius 2 is 1.96 bits per heavy atom. The van der Waals surface area contributed by atoms with Crippen LogP contribution < -0.4 is 4.74 Å². The van der Waals surface area contributed by atoms with Crippen LogP contribution in [0.5, 0.6) is 5.88 Å². The predicted molar refractivity (Wildman–Crippen MR) is 89.2 cm³/mol. The van der Waals surface area contributed by atoms with Gasteiger partial charge in [0.15, 0.2) is 0 Å². The summed E-state index contributed by atoms with van der Waals surface area (Å²) >= 11 is 0. The van der Waals surface area contributed by atoms with Crippen molar-refractivity contribution in [2.24, 2.45) is 5.41 Å². The minimum absolute atomic E-state index is 0.0532. The summed E-state index contributed by atoms with van der Waals surface area (Å²) in [5.74, 6) is 0.373. The maximum absolute atomic E-state index is 12.7. The third-order valence-electron chi connectivity index (χ3n) is 5.29. The summed E-state index contributed by atoms with van der Waals surface area (Å²) < 4.78 is 10.5. The number of piperidine rings is 2. The number of aromatic nitrogens is 2. The molecule has 1 unspecified atom stereocenters. The van der Waals surface area contributed by atoms with Crippen molar-refractivity contribution in [1.29, 1.82) is 0 Å². The molecule has 1 aromatic heterocycles. The topological polar surface area (TPSA) is 84.9 Å². The fourth-order valence-corrected chi connectivity index (χ4v) is 3.79. The third-order valence-corrected chi connectivity index (χ3v) is 5.29. The molecule has 2 saturated heterocycles. The number of nitrogens with zero attached hydrogens (tertiary/aromatic N) is 4. The second-order valence-electron chi connectivity index (χ2n) is 6.76. The molecule has 2 amide bonds. The fraction of sp³-hybridized carbons (Fsp3) is 0.647. The van der Waals surface area contributed by atoms with Gasteiger partial charge in [-0.3, -0.25) is 9.59 Å². The van der Waals surface area contributed by atoms with Crippen molar-refractivity contribution < 1.29 is 19.1 Å². The van der Waals surface area contributed by atoms with Crippen LogP contribution in [0.15, 0.2) is 12.4 Å². The summed E-state index contributed by atoms with van der Waals surface area (Å²) in [6, 6.07) is 0. The van der Waals surface area contributed by atoms with E-state index in [0.717, 1.165) is 6.42 Å². The van der Waals surface area contributed by atoms with Crippen molar-refractivity contribution >= 4 is 11.8 Å². The number of likely N-dealkylation sites (N-methyl/N-ethyl adjacent to an activating group) is 1. The van der Waals surface area contributed by atoms with E-state index >= 15 is 0 Å². The highest BCUT2D eigenvalue weighted by Crippen LogP contribution is 2.41. The van der Waals surface area contributed by atoms with Crippen LogP contribution >= 0.6 is 0 Å². The van der Waals surface area contributed by atoms with Crippen LogP contribution in [-0.2, 0) is 9.53 Å². The second-order valence-corrected chi connectivity index (χ2v) is 6.76. The number of carbonyl (C=O) groups excluding carboxylic acids is 2. The smallest absolute Gasteiger partial charge is 0.274 e. The Morgan fingerprint density at radius 1 is 1.24 bits per heavy atom. The van der Waals surface area contributed by atoms with Gasteiger partial charge in [-0.15, -0.1) is 0 Å². The number of carbonyl (C=O) groups is 2. The van der Waals surface area contributed by atoms with Crippen LogP contribution in [0.3, 0.4) is 0 Å². The Morgan fingerprint density at radius 3 is 2.52 bits per heavy atom. The highest BCUT2D eigenvalue weighted by atomic mass is 16.5. The summed E-state index contributed by atoms with van der Waals surface area (Å²) in [6.07, 6.45) is 4.92. The Hall–Kier alpha value is -2.22. The van der Waals surface area contributed by atoms with E-state index in [-0.39, 0.29) is 17.9 Å². The Labute approximate surface area is 147 Å². The first kappa shape index (κ1) is 17.6. The maximum atomic E-state index is 12.7. The Bertz CT molecular complexity index is 641. The highest BCUT2D eigenvalue weighted by molar-refractivity contribution is 5.92. The van der Waals surface area contributed by atoms with E-state index in [1.807, 2.05) is 7.05 Å². The molecule has 2 aliphatic heterocycles. The number of hydrogen-bond acceptors (Lipinski definition) is 6. The zero-order chi connectivity index (χ0) is 18.0. The van der Waals surface area contributed by atoms with Crippen molar-refractivity contribution in [2.75, 3.05) is 40.9 Å². The molecule has 1 aromatic rings. The number of amides is 2. The third kappa shape index (κ3) is 3.30. The van der Waals surface area contributed by atoms with Gasteiger partial charge in [-0.2, -0.15) is 0 Å². The SMILES string of the molecule is COc1cnc(C(=O)N2CCC3(CC2)CC(OC)CN(C)C3=O)cn1. The van der Waals surface area contributed by atoms with E-state index in [0.29, 0.717) is 44.0 Å². The monoisotopic (exact) mass is 348 g/mol. The van der Waals surface area contributed by atoms with Gasteiger partial charge in [-0.05, 0) is 19.3 Å². The van der Waals surface area contributed by atoms with E-state index in [9.17, 15) is 9.59 Å². The van der Waals surface area contributed by atoms with Gasteiger partial charge in [0.1, 0.15) is 5.69 Å². The zero-order valence-electron chi connectivity index (χ0n) is 14.9. The zero-order valence-corrected chi connectivity index (χ0v) is 14.9. The Kier molecular flexibility index (Phi) is 4.89. The summed E-state index contributed by atoms with van der Waals surface area (Å²) in [5.41, 5.74) is -0.130. The van der Waals surface area contributed by atoms with Gasteiger partial charge in [0, 0.05) is 33.8 Å². The number of ether oxygens (including phenoxy) is 2. The lowest BCUT2D eigenvalue weighted by Crippen LogP contribution is -2.57. The van der Waals surface area contributed by atoms with Gasteiger partial charge in [0.25, 0.3) is 5.91 Å². The quantitative estimate of drug-likeness (QED) is 0.795. The van der Waals surface area contributed by atoms with Gasteiger partial charge in [-0.1, -0.05) is 0 Å². The lowest BCUT2D eigenvalue weighted by Gasteiger charge is -2.47. The molecule has 2 fully saturated rings. The molecule has 0 radical (unpaired) electrons. The largest absolute Gasteiger partial charge is 0.480 e. The molecule has 136 valence electrons. The van der Waals surface area contributed by atoms with Crippen molar-refractivity contribution in [3.05, 3.63) is 18.1 Å². The number of hydrogen-bond donors (Lipinski definition) is 0. The summed E-state index contributed by atoms with van der Waals surface area (Å²) in [4.78, 5) is 36.9. The molecular formula is C17H24N4O4. The molecule has 3 rings (SSSR count). The van der Waals surface area contributed by atoms with E-state index < -0.39 is 5.41 Å². The average molecular weight is 348 g/mol. The molecule has 0 N–H and O–H groups in total. The van der Waals surface area contributed by atoms with Gasteiger partial charge < -0.3 is 19.3 Å².